The summed E-state index contributed by atoms with van der Waals surface area (Å²) in [6, 6.07) is 13.9. The number of rotatable bonds is 6. The molecule has 3 aromatic rings. The van der Waals surface area contributed by atoms with E-state index >= 15 is 0 Å². The van der Waals surface area contributed by atoms with Crippen molar-refractivity contribution in [3.63, 3.8) is 0 Å². The number of para-hydroxylation sites is 2. The number of carbonyl (C=O) groups is 3. The zero-order valence-corrected chi connectivity index (χ0v) is 15.8. The second-order valence-corrected chi connectivity index (χ2v) is 6.76. The third kappa shape index (κ3) is 3.22. The number of aromatic nitrogens is 2. The Morgan fingerprint density at radius 2 is 1.45 bits per heavy atom. The molecule has 0 bridgehead atoms. The molecule has 0 radical (unpaired) electrons. The van der Waals surface area contributed by atoms with Crippen molar-refractivity contribution < 1.29 is 19.1 Å². The van der Waals surface area contributed by atoms with Crippen LogP contribution in [0.25, 0.3) is 11.0 Å². The Morgan fingerprint density at radius 1 is 0.862 bits per heavy atom. The van der Waals surface area contributed by atoms with Gasteiger partial charge in [-0.25, -0.2) is 4.79 Å². The van der Waals surface area contributed by atoms with Gasteiger partial charge in [0.1, 0.15) is 6.61 Å². The Kier molecular flexibility index (Phi) is 4.75. The Bertz CT molecular complexity index is 1160. The van der Waals surface area contributed by atoms with Gasteiger partial charge in [-0.3, -0.25) is 28.4 Å². The smallest absolute Gasteiger partial charge is 0.328 e. The van der Waals surface area contributed by atoms with E-state index in [9.17, 15) is 19.2 Å². The van der Waals surface area contributed by atoms with Gasteiger partial charge in [0.15, 0.2) is 0 Å². The van der Waals surface area contributed by atoms with Crippen molar-refractivity contribution >= 4 is 28.8 Å². The molecular formula is C21H19N3O5. The highest BCUT2D eigenvalue weighted by atomic mass is 16.5. The van der Waals surface area contributed by atoms with Crippen LogP contribution in [0.4, 0.5) is 0 Å². The summed E-state index contributed by atoms with van der Waals surface area (Å²) in [5.74, 6) is -1.27. The average Bonchev–Trinajstić information content (AvgIpc) is 3.12. The number of nitrogens with zero attached hydrogens (tertiary/aromatic N) is 3. The van der Waals surface area contributed by atoms with Crippen LogP contribution in [-0.2, 0) is 23.1 Å². The summed E-state index contributed by atoms with van der Waals surface area (Å²) in [4.78, 5) is 50.1. The maximum absolute atomic E-state index is 12.4. The van der Waals surface area contributed by atoms with Crippen molar-refractivity contribution in [1.29, 1.82) is 0 Å². The minimum Gasteiger partial charge on any atom is -0.464 e. The quantitative estimate of drug-likeness (QED) is 0.468. The van der Waals surface area contributed by atoms with E-state index in [1.165, 1.54) is 9.13 Å². The minimum absolute atomic E-state index is 0.00764. The third-order valence-electron chi connectivity index (χ3n) is 5.05. The number of amides is 2. The van der Waals surface area contributed by atoms with Crippen molar-refractivity contribution in [3.05, 3.63) is 70.1 Å². The largest absolute Gasteiger partial charge is 0.464 e. The second kappa shape index (κ2) is 7.38. The van der Waals surface area contributed by atoms with Gasteiger partial charge >= 0.3 is 11.7 Å². The Morgan fingerprint density at radius 3 is 2.10 bits per heavy atom. The molecule has 148 valence electrons. The van der Waals surface area contributed by atoms with Crippen LogP contribution in [0.5, 0.6) is 0 Å². The molecular weight excluding hydrogens is 374 g/mol. The summed E-state index contributed by atoms with van der Waals surface area (Å²) < 4.78 is 8.23. The lowest BCUT2D eigenvalue weighted by molar-refractivity contribution is -0.144. The van der Waals surface area contributed by atoms with Crippen LogP contribution in [0.15, 0.2) is 53.3 Å². The van der Waals surface area contributed by atoms with Crippen molar-refractivity contribution in [3.8, 4) is 0 Å². The lowest BCUT2D eigenvalue weighted by Crippen LogP contribution is -2.33. The minimum atomic E-state index is -0.499. The number of hydrogen-bond donors (Lipinski definition) is 0. The third-order valence-corrected chi connectivity index (χ3v) is 5.05. The number of fused-ring (bicyclic) bond motifs is 2. The van der Waals surface area contributed by atoms with Crippen LogP contribution in [0, 0.1) is 0 Å². The Labute approximate surface area is 165 Å². The van der Waals surface area contributed by atoms with Gasteiger partial charge < -0.3 is 4.74 Å². The van der Waals surface area contributed by atoms with Gasteiger partial charge in [-0.1, -0.05) is 24.3 Å². The zero-order chi connectivity index (χ0) is 20.5. The van der Waals surface area contributed by atoms with Gasteiger partial charge in [0.2, 0.25) is 0 Å². The molecule has 4 rings (SSSR count). The number of benzene rings is 2. The summed E-state index contributed by atoms with van der Waals surface area (Å²) in [7, 11) is 1.68. The summed E-state index contributed by atoms with van der Waals surface area (Å²) in [6.07, 6.45) is 0.00995. The van der Waals surface area contributed by atoms with E-state index in [0.29, 0.717) is 11.1 Å². The maximum atomic E-state index is 12.4. The summed E-state index contributed by atoms with van der Waals surface area (Å²) >= 11 is 0. The van der Waals surface area contributed by atoms with Crippen molar-refractivity contribution in [1.82, 2.24) is 14.0 Å². The predicted molar refractivity (Wildman–Crippen MR) is 105 cm³/mol. The summed E-state index contributed by atoms with van der Waals surface area (Å²) in [5.41, 5.74) is 2.05. The second-order valence-electron chi connectivity index (χ2n) is 6.76. The molecule has 2 aromatic carbocycles. The van der Waals surface area contributed by atoms with E-state index in [1.54, 1.807) is 31.3 Å². The van der Waals surface area contributed by atoms with Crippen molar-refractivity contribution in [2.75, 3.05) is 13.2 Å². The highest BCUT2D eigenvalue weighted by Gasteiger charge is 2.34. The first-order valence-corrected chi connectivity index (χ1v) is 9.24. The van der Waals surface area contributed by atoms with E-state index in [0.717, 1.165) is 15.9 Å². The fourth-order valence-electron chi connectivity index (χ4n) is 3.55. The van der Waals surface area contributed by atoms with Gasteiger partial charge in [0.05, 0.1) is 35.1 Å². The fraction of sp³-hybridized carbons (Fsp3) is 0.238. The molecule has 0 unspecified atom stereocenters. The van der Waals surface area contributed by atoms with E-state index in [2.05, 4.69) is 0 Å². The number of ether oxygens (including phenoxy) is 1. The predicted octanol–water partition coefficient (Wildman–Crippen LogP) is 1.57. The van der Waals surface area contributed by atoms with Crippen LogP contribution in [0.3, 0.4) is 0 Å². The fourth-order valence-corrected chi connectivity index (χ4v) is 3.55. The van der Waals surface area contributed by atoms with Crippen LogP contribution in [0.2, 0.25) is 0 Å². The Balaban J connectivity index is 1.33. The van der Waals surface area contributed by atoms with E-state index in [-0.39, 0.29) is 43.6 Å². The first kappa shape index (κ1) is 18.7. The van der Waals surface area contributed by atoms with Crippen molar-refractivity contribution in [2.45, 2.75) is 13.0 Å². The molecule has 2 amide bonds. The van der Waals surface area contributed by atoms with Crippen molar-refractivity contribution in [2.24, 2.45) is 7.05 Å². The highest BCUT2D eigenvalue weighted by molar-refractivity contribution is 6.21. The van der Waals surface area contributed by atoms with E-state index < -0.39 is 5.97 Å². The van der Waals surface area contributed by atoms with Gasteiger partial charge in [-0.2, -0.15) is 0 Å². The summed E-state index contributed by atoms with van der Waals surface area (Å²) in [6.45, 7) is 0.0904. The van der Waals surface area contributed by atoms with Gasteiger partial charge in [0.25, 0.3) is 11.8 Å². The molecule has 1 aliphatic heterocycles. The van der Waals surface area contributed by atoms with Crippen LogP contribution < -0.4 is 5.69 Å². The average molecular weight is 393 g/mol. The van der Waals surface area contributed by atoms with Crippen LogP contribution in [0.1, 0.15) is 27.1 Å². The molecule has 0 aliphatic carbocycles. The number of imidazole rings is 1. The molecule has 8 nitrogen and oxygen atoms in total. The zero-order valence-electron chi connectivity index (χ0n) is 15.8. The number of carbonyl (C=O) groups excluding carboxylic acids is 3. The molecule has 0 fully saturated rings. The molecule has 1 aliphatic rings. The lowest BCUT2D eigenvalue weighted by atomic mass is 10.1. The Hall–Kier alpha value is -3.68. The molecule has 0 saturated heterocycles. The molecule has 29 heavy (non-hydrogen) atoms. The van der Waals surface area contributed by atoms with Crippen LogP contribution >= 0.6 is 0 Å². The summed E-state index contributed by atoms with van der Waals surface area (Å²) in [5, 5.41) is 0. The molecule has 8 heteroatoms. The first-order valence-electron chi connectivity index (χ1n) is 9.24. The number of imide groups is 1. The van der Waals surface area contributed by atoms with Gasteiger partial charge in [0, 0.05) is 13.6 Å². The maximum Gasteiger partial charge on any atom is 0.328 e. The molecule has 2 heterocycles. The molecule has 1 aromatic heterocycles. The van der Waals surface area contributed by atoms with E-state index in [1.807, 2.05) is 24.3 Å². The molecule has 0 N–H and O–H groups in total. The molecule has 0 atom stereocenters. The lowest BCUT2D eigenvalue weighted by Gasteiger charge is -2.13. The van der Waals surface area contributed by atoms with Crippen LogP contribution in [-0.4, -0.2) is 45.0 Å². The normalized spacial score (nSPS) is 13.2. The number of hydrogen-bond acceptors (Lipinski definition) is 5. The molecule has 0 saturated carbocycles. The van der Waals surface area contributed by atoms with Gasteiger partial charge in [-0.05, 0) is 24.3 Å². The SMILES string of the molecule is Cn1c(=O)n(CCC(=O)OCCN2C(=O)c3ccccc3C2=O)c2ccccc21. The number of aryl methyl sites for hydroxylation is 2. The number of esters is 1. The topological polar surface area (TPSA) is 90.6 Å². The standard InChI is InChI=1S/C21H19N3O5/c1-22-16-8-4-5-9-17(16)23(21(22)28)11-10-18(25)29-13-12-24-19(26)14-6-2-3-7-15(14)20(24)27/h2-9H,10-13H2,1H3. The first-order chi connectivity index (χ1) is 14.0. The monoisotopic (exact) mass is 393 g/mol. The van der Waals surface area contributed by atoms with Gasteiger partial charge in [-0.15, -0.1) is 0 Å². The highest BCUT2D eigenvalue weighted by Crippen LogP contribution is 2.22. The molecule has 0 spiro atoms. The van der Waals surface area contributed by atoms with E-state index in [4.69, 9.17) is 4.74 Å².